The number of ether oxygens (including phenoxy) is 1. The largest absolute Gasteiger partial charge is 0.507 e. The molecule has 1 aromatic carbocycles. The molecule has 0 aliphatic heterocycles. The van der Waals surface area contributed by atoms with Crippen molar-refractivity contribution in [3.63, 3.8) is 0 Å². The Balaban J connectivity index is 2.59. The van der Waals surface area contributed by atoms with Gasteiger partial charge in [0.05, 0.1) is 12.4 Å². The summed E-state index contributed by atoms with van der Waals surface area (Å²) in [6.07, 6.45) is 2.13. The summed E-state index contributed by atoms with van der Waals surface area (Å²) in [5.41, 5.74) is 0.754. The molecule has 20 heavy (non-hydrogen) atoms. The quantitative estimate of drug-likeness (QED) is 0.791. The zero-order chi connectivity index (χ0) is 15.2. The average Bonchev–Trinajstić information content (AvgIpc) is 2.36. The van der Waals surface area contributed by atoms with Crippen LogP contribution in [-0.2, 0) is 16.4 Å². The minimum Gasteiger partial charge on any atom is -0.507 e. The van der Waals surface area contributed by atoms with Crippen LogP contribution >= 0.6 is 0 Å². The highest BCUT2D eigenvalue weighted by Gasteiger charge is 2.09. The fraction of sp³-hybridized carbons (Fsp3) is 0.571. The molecule has 0 unspecified atom stereocenters. The molecule has 0 bridgehead atoms. The standard InChI is InChI=1S/C14H23NO4S/c1-4-8-19-13-6-5-12(14(16)10-13)11-15(2)7-9-20(3,17)18/h5-6,10,16H,4,7-9,11H2,1-3H3. The second kappa shape index (κ2) is 7.50. The van der Waals surface area contributed by atoms with Crippen molar-refractivity contribution < 1.29 is 18.3 Å². The third-order valence-electron chi connectivity index (χ3n) is 2.81. The van der Waals surface area contributed by atoms with E-state index in [0.717, 1.165) is 12.0 Å². The van der Waals surface area contributed by atoms with E-state index in [9.17, 15) is 13.5 Å². The van der Waals surface area contributed by atoms with Crippen LogP contribution in [0.1, 0.15) is 18.9 Å². The third kappa shape index (κ3) is 6.25. The summed E-state index contributed by atoms with van der Waals surface area (Å²) in [5, 5.41) is 9.94. The van der Waals surface area contributed by atoms with Gasteiger partial charge in [-0.15, -0.1) is 0 Å². The van der Waals surface area contributed by atoms with Crippen molar-refractivity contribution in [1.29, 1.82) is 0 Å². The zero-order valence-corrected chi connectivity index (χ0v) is 13.1. The molecule has 0 aliphatic rings. The molecule has 0 heterocycles. The van der Waals surface area contributed by atoms with Crippen molar-refractivity contribution in [2.45, 2.75) is 19.9 Å². The first-order chi connectivity index (χ1) is 9.31. The molecule has 0 radical (unpaired) electrons. The molecule has 1 aromatic rings. The van der Waals surface area contributed by atoms with Gasteiger partial charge in [0.15, 0.2) is 0 Å². The van der Waals surface area contributed by atoms with E-state index in [0.29, 0.717) is 25.4 Å². The van der Waals surface area contributed by atoms with E-state index in [2.05, 4.69) is 0 Å². The smallest absolute Gasteiger partial charge is 0.148 e. The lowest BCUT2D eigenvalue weighted by atomic mass is 10.2. The van der Waals surface area contributed by atoms with E-state index in [1.54, 1.807) is 12.1 Å². The van der Waals surface area contributed by atoms with Crippen molar-refractivity contribution in [3.05, 3.63) is 23.8 Å². The summed E-state index contributed by atoms with van der Waals surface area (Å²) in [5.74, 6) is 0.929. The monoisotopic (exact) mass is 301 g/mol. The Morgan fingerprint density at radius 2 is 2.05 bits per heavy atom. The fourth-order valence-electron chi connectivity index (χ4n) is 1.68. The van der Waals surface area contributed by atoms with Gasteiger partial charge in [0.2, 0.25) is 0 Å². The van der Waals surface area contributed by atoms with Gasteiger partial charge in [-0.25, -0.2) is 8.42 Å². The van der Waals surface area contributed by atoms with Crippen molar-refractivity contribution >= 4 is 9.84 Å². The normalized spacial score (nSPS) is 11.8. The molecule has 0 atom stereocenters. The molecule has 114 valence electrons. The fourth-order valence-corrected chi connectivity index (χ4v) is 2.32. The average molecular weight is 301 g/mol. The molecule has 0 aromatic heterocycles. The Morgan fingerprint density at radius 1 is 1.35 bits per heavy atom. The van der Waals surface area contributed by atoms with Crippen LogP contribution in [0.4, 0.5) is 0 Å². The highest BCUT2D eigenvalue weighted by Crippen LogP contribution is 2.24. The van der Waals surface area contributed by atoms with Gasteiger partial charge in [0.25, 0.3) is 0 Å². The number of benzene rings is 1. The number of hydrogen-bond donors (Lipinski definition) is 1. The second-order valence-corrected chi connectivity index (χ2v) is 7.27. The first-order valence-electron chi connectivity index (χ1n) is 6.63. The number of phenolic OH excluding ortho intramolecular Hbond substituents is 1. The number of phenols is 1. The summed E-state index contributed by atoms with van der Waals surface area (Å²) in [6.45, 7) is 3.57. The zero-order valence-electron chi connectivity index (χ0n) is 12.3. The van der Waals surface area contributed by atoms with Crippen molar-refractivity contribution in [3.8, 4) is 11.5 Å². The maximum atomic E-state index is 11.1. The van der Waals surface area contributed by atoms with Crippen LogP contribution in [0.2, 0.25) is 0 Å². The first kappa shape index (κ1) is 16.8. The summed E-state index contributed by atoms with van der Waals surface area (Å²) < 4.78 is 27.7. The number of hydrogen-bond acceptors (Lipinski definition) is 5. The summed E-state index contributed by atoms with van der Waals surface area (Å²) in [7, 11) is -1.14. The molecule has 0 fully saturated rings. The van der Waals surface area contributed by atoms with Gasteiger partial charge in [-0.3, -0.25) is 0 Å². The lowest BCUT2D eigenvalue weighted by molar-refractivity contribution is 0.312. The van der Waals surface area contributed by atoms with Crippen LogP contribution in [-0.4, -0.2) is 50.6 Å². The van der Waals surface area contributed by atoms with Gasteiger partial charge >= 0.3 is 0 Å². The van der Waals surface area contributed by atoms with Gasteiger partial charge in [-0.2, -0.15) is 0 Å². The molecule has 1 rings (SSSR count). The molecule has 0 spiro atoms. The highest BCUT2D eigenvalue weighted by molar-refractivity contribution is 7.90. The van der Waals surface area contributed by atoms with Gasteiger partial charge in [-0.1, -0.05) is 13.0 Å². The third-order valence-corrected chi connectivity index (χ3v) is 3.74. The van der Waals surface area contributed by atoms with Crippen LogP contribution in [0.3, 0.4) is 0 Å². The maximum absolute atomic E-state index is 11.1. The molecule has 6 heteroatoms. The molecule has 0 aliphatic carbocycles. The topological polar surface area (TPSA) is 66.8 Å². The minimum atomic E-state index is -2.96. The van der Waals surface area contributed by atoms with Crippen molar-refractivity contribution in [2.75, 3.05) is 32.2 Å². The molecule has 5 nitrogen and oxygen atoms in total. The van der Waals surface area contributed by atoms with Crippen LogP contribution in [0.15, 0.2) is 18.2 Å². The Hall–Kier alpha value is -1.27. The second-order valence-electron chi connectivity index (χ2n) is 5.01. The van der Waals surface area contributed by atoms with Gasteiger partial charge in [-0.05, 0) is 19.5 Å². The van der Waals surface area contributed by atoms with Gasteiger partial charge in [0.1, 0.15) is 21.3 Å². The van der Waals surface area contributed by atoms with E-state index >= 15 is 0 Å². The molecule has 1 N–H and O–H groups in total. The van der Waals surface area contributed by atoms with Gasteiger partial charge < -0.3 is 14.7 Å². The van der Waals surface area contributed by atoms with Crippen LogP contribution in [0.5, 0.6) is 11.5 Å². The summed E-state index contributed by atoms with van der Waals surface area (Å²) >= 11 is 0. The Kier molecular flexibility index (Phi) is 6.29. The minimum absolute atomic E-state index is 0.113. The Morgan fingerprint density at radius 3 is 2.60 bits per heavy atom. The Labute approximate surface area is 121 Å². The molecular formula is C14H23NO4S. The predicted molar refractivity (Wildman–Crippen MR) is 79.9 cm³/mol. The first-order valence-corrected chi connectivity index (χ1v) is 8.69. The predicted octanol–water partition coefficient (Wildman–Crippen LogP) is 1.66. The molecule has 0 saturated heterocycles. The Bertz CT molecular complexity index is 528. The van der Waals surface area contributed by atoms with Crippen molar-refractivity contribution in [1.82, 2.24) is 4.90 Å². The lowest BCUT2D eigenvalue weighted by Gasteiger charge is -2.17. The highest BCUT2D eigenvalue weighted by atomic mass is 32.2. The number of nitrogens with zero attached hydrogens (tertiary/aromatic N) is 1. The number of sulfone groups is 1. The number of rotatable bonds is 8. The number of aromatic hydroxyl groups is 1. The van der Waals surface area contributed by atoms with Gasteiger partial charge in [0, 0.05) is 31.0 Å². The van der Waals surface area contributed by atoms with Crippen LogP contribution in [0, 0.1) is 0 Å². The van der Waals surface area contributed by atoms with E-state index in [1.165, 1.54) is 6.26 Å². The summed E-state index contributed by atoms with van der Waals surface area (Å²) in [4.78, 5) is 1.86. The van der Waals surface area contributed by atoms with E-state index in [-0.39, 0.29) is 11.5 Å². The lowest BCUT2D eigenvalue weighted by Crippen LogP contribution is -2.24. The van der Waals surface area contributed by atoms with Crippen molar-refractivity contribution in [2.24, 2.45) is 0 Å². The van der Waals surface area contributed by atoms with E-state index in [4.69, 9.17) is 4.74 Å². The molecule has 0 saturated carbocycles. The molecule has 0 amide bonds. The summed E-state index contributed by atoms with van der Waals surface area (Å²) in [6, 6.07) is 5.21. The van der Waals surface area contributed by atoms with Crippen LogP contribution in [0.25, 0.3) is 0 Å². The molecular weight excluding hydrogens is 278 g/mol. The maximum Gasteiger partial charge on any atom is 0.148 e. The van der Waals surface area contributed by atoms with E-state index < -0.39 is 9.84 Å². The van der Waals surface area contributed by atoms with Crippen LogP contribution < -0.4 is 4.74 Å². The SMILES string of the molecule is CCCOc1ccc(CN(C)CCS(C)(=O)=O)c(O)c1. The van der Waals surface area contributed by atoms with E-state index in [1.807, 2.05) is 24.9 Å².